The second-order valence-corrected chi connectivity index (χ2v) is 7.63. The van der Waals surface area contributed by atoms with Crippen molar-refractivity contribution in [2.75, 3.05) is 11.5 Å². The van der Waals surface area contributed by atoms with Crippen molar-refractivity contribution in [3.8, 4) is 0 Å². The summed E-state index contributed by atoms with van der Waals surface area (Å²) in [6, 6.07) is 7.05. The first-order valence-corrected chi connectivity index (χ1v) is 9.97. The molecule has 1 amide bonds. The number of hydrogen-bond donors (Lipinski definition) is 1. The van der Waals surface area contributed by atoms with E-state index in [1.165, 1.54) is 10.9 Å². The zero-order valence-corrected chi connectivity index (χ0v) is 15.4. The van der Waals surface area contributed by atoms with E-state index in [1.807, 2.05) is 17.8 Å². The summed E-state index contributed by atoms with van der Waals surface area (Å²) in [7, 11) is 0. The molecule has 1 saturated heterocycles. The van der Waals surface area contributed by atoms with Crippen LogP contribution in [-0.4, -0.2) is 37.1 Å². The van der Waals surface area contributed by atoms with E-state index < -0.39 is 0 Å². The van der Waals surface area contributed by atoms with Crippen LogP contribution in [0.2, 0.25) is 0 Å². The van der Waals surface area contributed by atoms with Crippen LogP contribution < -0.4 is 10.9 Å². The van der Waals surface area contributed by atoms with Gasteiger partial charge < -0.3 is 9.84 Å². The third-order valence-corrected chi connectivity index (χ3v) is 5.60. The van der Waals surface area contributed by atoms with E-state index in [9.17, 15) is 9.59 Å². The standard InChI is InChI=1S/C18H19N5O3S/c24-15(10-23-11-20-14-4-2-1-3-13(14)18(23)25)19-9-16-21-17(22-26-16)12-5-7-27-8-6-12/h1-4,11-12H,5-10H2,(H,19,24). The van der Waals surface area contributed by atoms with Crippen molar-refractivity contribution >= 4 is 28.6 Å². The molecule has 0 radical (unpaired) electrons. The number of rotatable bonds is 5. The van der Waals surface area contributed by atoms with Gasteiger partial charge in [-0.3, -0.25) is 14.2 Å². The van der Waals surface area contributed by atoms with E-state index >= 15 is 0 Å². The van der Waals surface area contributed by atoms with Gasteiger partial charge in [0.05, 0.1) is 23.8 Å². The Balaban J connectivity index is 1.37. The van der Waals surface area contributed by atoms with Gasteiger partial charge in [0.25, 0.3) is 5.56 Å². The van der Waals surface area contributed by atoms with Gasteiger partial charge in [-0.1, -0.05) is 17.3 Å². The molecule has 3 aromatic rings. The highest BCUT2D eigenvalue weighted by Gasteiger charge is 2.21. The number of amides is 1. The Bertz CT molecular complexity index is 1010. The molecule has 2 aromatic heterocycles. The van der Waals surface area contributed by atoms with Crippen LogP contribution in [0.4, 0.5) is 0 Å². The molecule has 0 atom stereocenters. The Kier molecular flexibility index (Phi) is 5.19. The molecule has 0 aliphatic carbocycles. The molecule has 0 spiro atoms. The number of benzene rings is 1. The van der Waals surface area contributed by atoms with Gasteiger partial charge in [0.1, 0.15) is 6.54 Å². The van der Waals surface area contributed by atoms with Crippen molar-refractivity contribution < 1.29 is 9.32 Å². The molecule has 1 aliphatic rings. The summed E-state index contributed by atoms with van der Waals surface area (Å²) in [5.41, 5.74) is 0.365. The molecule has 0 unspecified atom stereocenters. The summed E-state index contributed by atoms with van der Waals surface area (Å²) in [6.07, 6.45) is 3.48. The minimum atomic E-state index is -0.317. The summed E-state index contributed by atoms with van der Waals surface area (Å²) < 4.78 is 6.52. The molecule has 4 rings (SSSR count). The van der Waals surface area contributed by atoms with Crippen molar-refractivity contribution in [1.29, 1.82) is 0 Å². The molecule has 27 heavy (non-hydrogen) atoms. The Morgan fingerprint density at radius 2 is 2.11 bits per heavy atom. The third-order valence-electron chi connectivity index (χ3n) is 4.55. The van der Waals surface area contributed by atoms with E-state index in [4.69, 9.17) is 4.52 Å². The number of para-hydroxylation sites is 1. The lowest BCUT2D eigenvalue weighted by Gasteiger charge is -2.17. The average molecular weight is 385 g/mol. The van der Waals surface area contributed by atoms with Gasteiger partial charge in [-0.25, -0.2) is 4.98 Å². The molecule has 1 aliphatic heterocycles. The largest absolute Gasteiger partial charge is 0.345 e. The molecule has 1 fully saturated rings. The smallest absolute Gasteiger partial charge is 0.261 e. The van der Waals surface area contributed by atoms with Crippen LogP contribution in [0.5, 0.6) is 0 Å². The number of carbonyl (C=O) groups is 1. The maximum atomic E-state index is 12.4. The predicted molar refractivity (Wildman–Crippen MR) is 101 cm³/mol. The Morgan fingerprint density at radius 3 is 2.96 bits per heavy atom. The summed E-state index contributed by atoms with van der Waals surface area (Å²) in [5, 5.41) is 7.24. The average Bonchev–Trinajstić information content (AvgIpc) is 3.19. The van der Waals surface area contributed by atoms with Crippen molar-refractivity contribution in [1.82, 2.24) is 25.0 Å². The number of carbonyl (C=O) groups excluding carboxylic acids is 1. The lowest BCUT2D eigenvalue weighted by molar-refractivity contribution is -0.122. The van der Waals surface area contributed by atoms with E-state index in [1.54, 1.807) is 18.2 Å². The van der Waals surface area contributed by atoms with Gasteiger partial charge in [0, 0.05) is 5.92 Å². The fourth-order valence-corrected chi connectivity index (χ4v) is 4.17. The predicted octanol–water partition coefficient (Wildman–Crippen LogP) is 1.71. The second-order valence-electron chi connectivity index (χ2n) is 6.40. The first-order valence-electron chi connectivity index (χ1n) is 8.82. The third kappa shape index (κ3) is 4.02. The topological polar surface area (TPSA) is 103 Å². The Labute approximate surface area is 159 Å². The fraction of sp³-hybridized carbons (Fsp3) is 0.389. The first-order chi connectivity index (χ1) is 13.2. The van der Waals surface area contributed by atoms with Gasteiger partial charge in [-0.05, 0) is 36.5 Å². The number of aromatic nitrogens is 4. The summed E-state index contributed by atoms with van der Waals surface area (Å²) in [6.45, 7) is 0.0283. The van der Waals surface area contributed by atoms with E-state index in [2.05, 4.69) is 20.4 Å². The highest BCUT2D eigenvalue weighted by Crippen LogP contribution is 2.29. The van der Waals surface area contributed by atoms with E-state index in [0.717, 1.165) is 30.2 Å². The van der Waals surface area contributed by atoms with E-state index in [-0.39, 0.29) is 24.6 Å². The monoisotopic (exact) mass is 385 g/mol. The lowest BCUT2D eigenvalue weighted by atomic mass is 10.0. The van der Waals surface area contributed by atoms with Gasteiger partial charge in [0.2, 0.25) is 11.8 Å². The van der Waals surface area contributed by atoms with Crippen LogP contribution in [-0.2, 0) is 17.9 Å². The summed E-state index contributed by atoms with van der Waals surface area (Å²) in [5.74, 6) is 3.33. The second kappa shape index (κ2) is 7.91. The highest BCUT2D eigenvalue weighted by atomic mass is 32.2. The van der Waals surface area contributed by atoms with Gasteiger partial charge in [-0.15, -0.1) is 0 Å². The van der Waals surface area contributed by atoms with Crippen LogP contribution in [0.15, 0.2) is 39.9 Å². The van der Waals surface area contributed by atoms with Crippen molar-refractivity contribution in [3.63, 3.8) is 0 Å². The molecule has 3 heterocycles. The molecule has 8 nitrogen and oxygen atoms in total. The van der Waals surface area contributed by atoms with Crippen molar-refractivity contribution in [2.24, 2.45) is 0 Å². The summed E-state index contributed by atoms with van der Waals surface area (Å²) in [4.78, 5) is 33.2. The zero-order valence-electron chi connectivity index (χ0n) is 14.6. The van der Waals surface area contributed by atoms with Crippen LogP contribution in [0.1, 0.15) is 30.5 Å². The number of hydrogen-bond acceptors (Lipinski definition) is 7. The van der Waals surface area contributed by atoms with Crippen LogP contribution in [0.3, 0.4) is 0 Å². The molecule has 0 bridgehead atoms. The lowest BCUT2D eigenvalue weighted by Crippen LogP contribution is -2.32. The van der Waals surface area contributed by atoms with Crippen LogP contribution in [0, 0.1) is 0 Å². The number of nitrogens with one attached hydrogen (secondary N) is 1. The minimum Gasteiger partial charge on any atom is -0.345 e. The fourth-order valence-electron chi connectivity index (χ4n) is 3.07. The summed E-state index contributed by atoms with van der Waals surface area (Å²) >= 11 is 1.94. The van der Waals surface area contributed by atoms with E-state index in [0.29, 0.717) is 22.7 Å². The number of nitrogens with zero attached hydrogens (tertiary/aromatic N) is 4. The van der Waals surface area contributed by atoms with Gasteiger partial charge in [-0.2, -0.15) is 16.7 Å². The molecule has 1 aromatic carbocycles. The maximum absolute atomic E-state index is 12.4. The normalized spacial score (nSPS) is 15.1. The minimum absolute atomic E-state index is 0.114. The zero-order chi connectivity index (χ0) is 18.6. The Hall–Kier alpha value is -2.68. The van der Waals surface area contributed by atoms with Crippen LogP contribution in [0.25, 0.3) is 10.9 Å². The molecule has 0 saturated carbocycles. The molecular weight excluding hydrogens is 366 g/mol. The SMILES string of the molecule is O=C(Cn1cnc2ccccc2c1=O)NCc1nc(C2CCSCC2)no1. The van der Waals surface area contributed by atoms with Gasteiger partial charge in [0.15, 0.2) is 5.82 Å². The number of fused-ring (bicyclic) bond motifs is 1. The Morgan fingerprint density at radius 1 is 1.30 bits per heavy atom. The molecule has 1 N–H and O–H groups in total. The number of thioether (sulfide) groups is 1. The highest BCUT2D eigenvalue weighted by molar-refractivity contribution is 7.99. The molecule has 9 heteroatoms. The van der Waals surface area contributed by atoms with Gasteiger partial charge >= 0.3 is 0 Å². The quantitative estimate of drug-likeness (QED) is 0.713. The van der Waals surface area contributed by atoms with Crippen LogP contribution >= 0.6 is 11.8 Å². The van der Waals surface area contributed by atoms with Crippen molar-refractivity contribution in [2.45, 2.75) is 31.8 Å². The maximum Gasteiger partial charge on any atom is 0.261 e. The molecule has 140 valence electrons. The first kappa shape index (κ1) is 17.7. The van der Waals surface area contributed by atoms with Crippen molar-refractivity contribution in [3.05, 3.63) is 52.7 Å². The molecular formula is C18H19N5O3S.